The zero-order valence-electron chi connectivity index (χ0n) is 16.4. The van der Waals surface area contributed by atoms with Crippen molar-refractivity contribution in [3.8, 4) is 0 Å². The summed E-state index contributed by atoms with van der Waals surface area (Å²) in [5, 5.41) is 0.310. The van der Waals surface area contributed by atoms with Gasteiger partial charge in [0, 0.05) is 31.9 Å². The molecule has 2 aromatic carbocycles. The van der Waals surface area contributed by atoms with Crippen LogP contribution in [0.4, 0.5) is 18.9 Å². The highest BCUT2D eigenvalue weighted by Crippen LogP contribution is 2.31. The number of carbonyl (C=O) groups excluding carboxylic acids is 1. The number of hydrogen-bond donors (Lipinski definition) is 1. The van der Waals surface area contributed by atoms with E-state index in [4.69, 9.17) is 0 Å². The molecule has 0 radical (unpaired) electrons. The lowest BCUT2D eigenvalue weighted by molar-refractivity contribution is -0.137. The van der Waals surface area contributed by atoms with Crippen LogP contribution in [0.25, 0.3) is 10.9 Å². The first-order chi connectivity index (χ1) is 14.7. The van der Waals surface area contributed by atoms with Gasteiger partial charge in [-0.2, -0.15) is 13.2 Å². The lowest BCUT2D eigenvalue weighted by atomic mass is 10.1. The van der Waals surface area contributed by atoms with E-state index in [-0.39, 0.29) is 12.5 Å². The molecule has 1 saturated heterocycles. The quantitative estimate of drug-likeness (QED) is 0.687. The lowest BCUT2D eigenvalue weighted by Crippen LogP contribution is -2.50. The van der Waals surface area contributed by atoms with Crippen molar-refractivity contribution in [3.63, 3.8) is 0 Å². The molecule has 3 aromatic rings. The Bertz CT molecular complexity index is 1240. The van der Waals surface area contributed by atoms with Gasteiger partial charge in [-0.1, -0.05) is 18.2 Å². The van der Waals surface area contributed by atoms with Crippen molar-refractivity contribution in [1.82, 2.24) is 14.5 Å². The zero-order chi connectivity index (χ0) is 22.2. The Balaban J connectivity index is 1.47. The van der Waals surface area contributed by atoms with Crippen molar-refractivity contribution >= 4 is 22.5 Å². The number of aromatic nitrogens is 2. The third-order valence-corrected chi connectivity index (χ3v) is 5.37. The predicted molar refractivity (Wildman–Crippen MR) is 109 cm³/mol. The number of para-hydroxylation sites is 1. The number of benzene rings is 2. The van der Waals surface area contributed by atoms with Crippen LogP contribution in [-0.4, -0.2) is 46.5 Å². The van der Waals surface area contributed by atoms with Crippen LogP contribution in [0.1, 0.15) is 5.56 Å². The molecule has 1 aliphatic heterocycles. The van der Waals surface area contributed by atoms with Gasteiger partial charge in [0.2, 0.25) is 5.91 Å². The minimum absolute atomic E-state index is 0.236. The average molecular weight is 432 g/mol. The SMILES string of the molecule is O=C(Cn1c(=O)[nH]c(=O)c2ccccc21)N1CCN(c2cccc(C(F)(F)F)c2)CC1. The maximum absolute atomic E-state index is 13.0. The average Bonchev–Trinajstić information content (AvgIpc) is 2.76. The maximum atomic E-state index is 13.0. The van der Waals surface area contributed by atoms with E-state index >= 15 is 0 Å². The Hall–Kier alpha value is -3.56. The lowest BCUT2D eigenvalue weighted by Gasteiger charge is -2.36. The summed E-state index contributed by atoms with van der Waals surface area (Å²) in [5.41, 5.74) is -1.08. The molecular formula is C21H19F3N4O3. The van der Waals surface area contributed by atoms with E-state index in [1.807, 2.05) is 0 Å². The van der Waals surface area contributed by atoms with Gasteiger partial charge in [-0.25, -0.2) is 4.79 Å². The molecule has 10 heteroatoms. The van der Waals surface area contributed by atoms with Gasteiger partial charge < -0.3 is 9.80 Å². The van der Waals surface area contributed by atoms with Gasteiger partial charge in [0.15, 0.2) is 0 Å². The number of halogens is 3. The van der Waals surface area contributed by atoms with Gasteiger partial charge >= 0.3 is 11.9 Å². The molecular weight excluding hydrogens is 413 g/mol. The molecule has 0 saturated carbocycles. The molecule has 162 valence electrons. The molecule has 1 aromatic heterocycles. The van der Waals surface area contributed by atoms with Gasteiger partial charge in [0.1, 0.15) is 6.54 Å². The van der Waals surface area contributed by atoms with Crippen molar-refractivity contribution in [3.05, 3.63) is 74.9 Å². The van der Waals surface area contributed by atoms with Crippen molar-refractivity contribution in [1.29, 1.82) is 0 Å². The second-order valence-electron chi connectivity index (χ2n) is 7.28. The van der Waals surface area contributed by atoms with Crippen LogP contribution in [0.2, 0.25) is 0 Å². The number of hydrogen-bond acceptors (Lipinski definition) is 4. The summed E-state index contributed by atoms with van der Waals surface area (Å²) in [5.74, 6) is -0.303. The molecule has 0 unspecified atom stereocenters. The van der Waals surface area contributed by atoms with Crippen LogP contribution in [0.5, 0.6) is 0 Å². The number of carbonyl (C=O) groups is 1. The van der Waals surface area contributed by atoms with Crippen LogP contribution in [-0.2, 0) is 17.5 Å². The second-order valence-corrected chi connectivity index (χ2v) is 7.28. The van der Waals surface area contributed by atoms with Gasteiger partial charge in [0.05, 0.1) is 16.5 Å². The largest absolute Gasteiger partial charge is 0.416 e. The van der Waals surface area contributed by atoms with Crippen molar-refractivity contribution in [2.24, 2.45) is 0 Å². The molecule has 0 aliphatic carbocycles. The van der Waals surface area contributed by atoms with Crippen LogP contribution in [0.3, 0.4) is 0 Å². The fourth-order valence-electron chi connectivity index (χ4n) is 3.73. The van der Waals surface area contributed by atoms with E-state index in [9.17, 15) is 27.6 Å². The number of fused-ring (bicyclic) bond motifs is 1. The second kappa shape index (κ2) is 7.93. The number of piperazine rings is 1. The Morgan fingerprint density at radius 2 is 1.68 bits per heavy atom. The number of H-pyrrole nitrogens is 1. The van der Waals surface area contributed by atoms with Crippen LogP contribution in [0.15, 0.2) is 58.1 Å². The molecule has 0 spiro atoms. The normalized spacial score (nSPS) is 14.8. The Morgan fingerprint density at radius 3 is 2.39 bits per heavy atom. The predicted octanol–water partition coefficient (Wildman–Crippen LogP) is 2.06. The first-order valence-electron chi connectivity index (χ1n) is 9.66. The summed E-state index contributed by atoms with van der Waals surface area (Å²) in [7, 11) is 0. The summed E-state index contributed by atoms with van der Waals surface area (Å²) in [4.78, 5) is 42.6. The van der Waals surface area contributed by atoms with Gasteiger partial charge in [0.25, 0.3) is 5.56 Å². The summed E-state index contributed by atoms with van der Waals surface area (Å²) < 4.78 is 40.1. The Morgan fingerprint density at radius 1 is 0.968 bits per heavy atom. The molecule has 1 aliphatic rings. The molecule has 0 atom stereocenters. The first-order valence-corrected chi connectivity index (χ1v) is 9.66. The molecule has 7 nitrogen and oxygen atoms in total. The maximum Gasteiger partial charge on any atom is 0.416 e. The first kappa shape index (κ1) is 20.7. The van der Waals surface area contributed by atoms with E-state index in [2.05, 4.69) is 4.98 Å². The monoisotopic (exact) mass is 432 g/mol. The van der Waals surface area contributed by atoms with E-state index in [1.165, 1.54) is 10.6 Å². The highest BCUT2D eigenvalue weighted by Gasteiger charge is 2.31. The fraction of sp³-hybridized carbons (Fsp3) is 0.286. The highest BCUT2D eigenvalue weighted by atomic mass is 19.4. The fourth-order valence-corrected chi connectivity index (χ4v) is 3.73. The molecule has 2 heterocycles. The topological polar surface area (TPSA) is 78.4 Å². The third kappa shape index (κ3) is 4.18. The van der Waals surface area contributed by atoms with Crippen LogP contribution in [0, 0.1) is 0 Å². The smallest absolute Gasteiger partial charge is 0.368 e. The van der Waals surface area contributed by atoms with Crippen LogP contribution < -0.4 is 16.1 Å². The summed E-state index contributed by atoms with van der Waals surface area (Å²) in [6.07, 6.45) is -4.42. The Labute approximate surface area is 174 Å². The number of anilines is 1. The minimum Gasteiger partial charge on any atom is -0.368 e. The summed E-state index contributed by atoms with van der Waals surface area (Å²) >= 11 is 0. The van der Waals surface area contributed by atoms with E-state index in [0.717, 1.165) is 12.1 Å². The van der Waals surface area contributed by atoms with E-state index in [1.54, 1.807) is 40.1 Å². The number of nitrogens with one attached hydrogen (secondary N) is 1. The zero-order valence-corrected chi connectivity index (χ0v) is 16.4. The summed E-state index contributed by atoms with van der Waals surface area (Å²) in [6.45, 7) is 1.12. The molecule has 4 rings (SSSR count). The molecule has 0 bridgehead atoms. The van der Waals surface area contributed by atoms with E-state index in [0.29, 0.717) is 42.8 Å². The van der Waals surface area contributed by atoms with E-state index < -0.39 is 23.0 Å². The highest BCUT2D eigenvalue weighted by molar-refractivity contribution is 5.81. The molecule has 1 fully saturated rings. The molecule has 1 N–H and O–H groups in total. The van der Waals surface area contributed by atoms with Gasteiger partial charge in [-0.05, 0) is 30.3 Å². The number of nitrogens with zero attached hydrogens (tertiary/aromatic N) is 3. The van der Waals surface area contributed by atoms with Crippen molar-refractivity contribution in [2.45, 2.75) is 12.7 Å². The van der Waals surface area contributed by atoms with Gasteiger partial charge in [-0.15, -0.1) is 0 Å². The van der Waals surface area contributed by atoms with Gasteiger partial charge in [-0.3, -0.25) is 19.1 Å². The standard InChI is InChI=1S/C21H19F3N4O3/c22-21(23,24)14-4-3-5-15(12-14)26-8-10-27(11-9-26)18(29)13-28-17-7-2-1-6-16(17)19(30)25-20(28)31/h1-7,12H,8-11,13H2,(H,25,30,31). The Kier molecular flexibility index (Phi) is 5.30. The van der Waals surface area contributed by atoms with Crippen molar-refractivity contribution in [2.75, 3.05) is 31.1 Å². The summed E-state index contributed by atoms with van der Waals surface area (Å²) in [6, 6.07) is 11.6. The molecule has 1 amide bonds. The number of aromatic amines is 1. The van der Waals surface area contributed by atoms with Crippen molar-refractivity contribution < 1.29 is 18.0 Å². The minimum atomic E-state index is -4.42. The molecule has 31 heavy (non-hydrogen) atoms. The number of rotatable bonds is 3. The number of alkyl halides is 3. The third-order valence-electron chi connectivity index (χ3n) is 5.37. The van der Waals surface area contributed by atoms with Crippen LogP contribution >= 0.6 is 0 Å². The number of amides is 1.